The number of benzene rings is 2. The number of ether oxygens (including phenoxy) is 1. The van der Waals surface area contributed by atoms with E-state index in [0.29, 0.717) is 47.6 Å². The van der Waals surface area contributed by atoms with Crippen molar-refractivity contribution in [1.82, 2.24) is 5.32 Å². The number of carbonyl (C=O) groups excluding carboxylic acids is 1. The molecule has 10 heteroatoms. The molecule has 1 N–H and O–H groups in total. The minimum absolute atomic E-state index is 0.0533. The number of rotatable bonds is 4. The highest BCUT2D eigenvalue weighted by atomic mass is 32.2. The van der Waals surface area contributed by atoms with Gasteiger partial charge in [-0.25, -0.2) is 9.38 Å². The summed E-state index contributed by atoms with van der Waals surface area (Å²) in [6, 6.07) is 10.2. The van der Waals surface area contributed by atoms with E-state index < -0.39 is 4.92 Å². The Balaban J connectivity index is 1.65. The van der Waals surface area contributed by atoms with Crippen molar-refractivity contribution in [3.8, 4) is 0 Å². The van der Waals surface area contributed by atoms with Gasteiger partial charge in [-0.05, 0) is 48.2 Å². The lowest BCUT2D eigenvalue weighted by molar-refractivity contribution is -0.384. The molecule has 0 bridgehead atoms. The van der Waals surface area contributed by atoms with E-state index in [1.54, 1.807) is 12.1 Å². The van der Waals surface area contributed by atoms with Crippen LogP contribution in [0.2, 0.25) is 0 Å². The summed E-state index contributed by atoms with van der Waals surface area (Å²) >= 11 is 1.13. The molecule has 0 spiro atoms. The minimum atomic E-state index is -0.464. The fraction of sp³-hybridized carbons (Fsp3) is 0.200. The van der Waals surface area contributed by atoms with Gasteiger partial charge in [0.2, 0.25) is 0 Å². The molecule has 4 rings (SSSR count). The Morgan fingerprint density at radius 3 is 2.63 bits per heavy atom. The summed E-state index contributed by atoms with van der Waals surface area (Å²) in [6.07, 6.45) is 1.63. The monoisotopic (exact) mass is 428 g/mol. The molecule has 2 aliphatic rings. The molecule has 2 fully saturated rings. The third kappa shape index (κ3) is 4.50. The van der Waals surface area contributed by atoms with E-state index in [-0.39, 0.29) is 17.4 Å². The number of halogens is 1. The number of carbonyl (C=O) groups is 1. The zero-order chi connectivity index (χ0) is 21.1. The largest absolute Gasteiger partial charge is 0.378 e. The van der Waals surface area contributed by atoms with Crippen LogP contribution in [0.5, 0.6) is 0 Å². The summed E-state index contributed by atoms with van der Waals surface area (Å²) < 4.78 is 18.4. The molecule has 30 heavy (non-hydrogen) atoms. The number of non-ortho nitro benzene ring substituents is 1. The first kappa shape index (κ1) is 20.0. The highest BCUT2D eigenvalue weighted by Gasteiger charge is 2.25. The van der Waals surface area contributed by atoms with E-state index in [9.17, 15) is 19.3 Å². The number of nitrogens with zero attached hydrogens (tertiary/aromatic N) is 3. The highest BCUT2D eigenvalue weighted by Crippen LogP contribution is 2.33. The van der Waals surface area contributed by atoms with Crippen LogP contribution in [0.1, 0.15) is 5.56 Å². The van der Waals surface area contributed by atoms with Crippen molar-refractivity contribution in [2.45, 2.75) is 0 Å². The van der Waals surface area contributed by atoms with Crippen molar-refractivity contribution in [3.05, 3.63) is 68.9 Å². The normalized spacial score (nSPS) is 19.4. The minimum Gasteiger partial charge on any atom is -0.378 e. The predicted molar refractivity (Wildman–Crippen MR) is 113 cm³/mol. The number of nitro benzene ring substituents is 1. The smallest absolute Gasteiger partial charge is 0.270 e. The van der Waals surface area contributed by atoms with Crippen molar-refractivity contribution in [2.75, 3.05) is 31.2 Å². The summed E-state index contributed by atoms with van der Waals surface area (Å²) in [5, 5.41) is 14.3. The molecule has 0 radical (unpaired) electrons. The van der Waals surface area contributed by atoms with E-state index >= 15 is 0 Å². The molecule has 2 heterocycles. The molecule has 0 atom stereocenters. The van der Waals surface area contributed by atoms with E-state index in [1.165, 1.54) is 36.4 Å². The lowest BCUT2D eigenvalue weighted by atomic mass is 10.1. The van der Waals surface area contributed by atoms with Crippen molar-refractivity contribution >= 4 is 46.0 Å². The number of hydrogen-bond donors (Lipinski definition) is 1. The fourth-order valence-electron chi connectivity index (χ4n) is 3.12. The van der Waals surface area contributed by atoms with Crippen LogP contribution in [0, 0.1) is 15.9 Å². The molecule has 8 nitrogen and oxygen atoms in total. The van der Waals surface area contributed by atoms with Gasteiger partial charge in [-0.2, -0.15) is 0 Å². The van der Waals surface area contributed by atoms with Crippen LogP contribution >= 0.6 is 11.8 Å². The first-order chi connectivity index (χ1) is 14.5. The van der Waals surface area contributed by atoms with Gasteiger partial charge in [0.05, 0.1) is 28.7 Å². The molecule has 2 aliphatic heterocycles. The molecule has 1 amide bonds. The second kappa shape index (κ2) is 8.64. The Morgan fingerprint density at radius 2 is 1.93 bits per heavy atom. The Hall–Kier alpha value is -3.24. The maximum Gasteiger partial charge on any atom is 0.270 e. The molecular formula is C20H17FN4O4S. The number of anilines is 1. The third-order valence-corrected chi connectivity index (χ3v) is 5.48. The van der Waals surface area contributed by atoms with E-state index in [2.05, 4.69) is 15.2 Å². The van der Waals surface area contributed by atoms with Crippen molar-refractivity contribution in [1.29, 1.82) is 0 Å². The maximum absolute atomic E-state index is 13.1. The van der Waals surface area contributed by atoms with Gasteiger partial charge >= 0.3 is 0 Å². The first-order valence-electron chi connectivity index (χ1n) is 9.16. The predicted octanol–water partition coefficient (Wildman–Crippen LogP) is 3.46. The molecular weight excluding hydrogens is 411 g/mol. The molecule has 0 saturated carbocycles. The molecule has 2 aromatic rings. The Labute approximate surface area is 175 Å². The van der Waals surface area contributed by atoms with Crippen LogP contribution in [0.3, 0.4) is 0 Å². The van der Waals surface area contributed by atoms with Crippen LogP contribution in [0.25, 0.3) is 6.08 Å². The topological polar surface area (TPSA) is 97.1 Å². The Kier molecular flexibility index (Phi) is 5.77. The second-order valence-electron chi connectivity index (χ2n) is 6.56. The second-order valence-corrected chi connectivity index (χ2v) is 7.59. The lowest BCUT2D eigenvalue weighted by Gasteiger charge is -2.30. The number of amides is 1. The molecule has 0 unspecified atom stereocenters. The number of aliphatic imine (C=N–C) groups is 1. The molecule has 2 aromatic carbocycles. The number of thioether (sulfide) groups is 1. The number of nitro groups is 1. The number of hydrogen-bond acceptors (Lipinski definition) is 7. The van der Waals surface area contributed by atoms with E-state index in [4.69, 9.17) is 4.74 Å². The first-order valence-corrected chi connectivity index (χ1v) is 9.97. The van der Waals surface area contributed by atoms with E-state index in [0.717, 1.165) is 17.4 Å². The fourth-order valence-corrected chi connectivity index (χ4v) is 3.95. The standard InChI is InChI=1S/C20H17FN4O4S/c21-14-1-3-15(4-2-14)22-20-23-19(26)18(30-20)12-13-11-16(25(27)28)5-6-17(13)24-7-9-29-10-8-24/h1-6,11-12H,7-10H2,(H,22,23,26)/b18-12-. The van der Waals surface area contributed by atoms with Crippen LogP contribution in [0.15, 0.2) is 52.4 Å². The highest BCUT2D eigenvalue weighted by molar-refractivity contribution is 8.18. The summed E-state index contributed by atoms with van der Waals surface area (Å²) in [5.41, 5.74) is 1.83. The summed E-state index contributed by atoms with van der Waals surface area (Å²) in [7, 11) is 0. The molecule has 154 valence electrons. The zero-order valence-corrected chi connectivity index (χ0v) is 16.5. The van der Waals surface area contributed by atoms with Crippen molar-refractivity contribution in [2.24, 2.45) is 4.99 Å². The van der Waals surface area contributed by atoms with Gasteiger partial charge in [0.1, 0.15) is 5.82 Å². The quantitative estimate of drug-likeness (QED) is 0.455. The van der Waals surface area contributed by atoms with Gasteiger partial charge in [0.15, 0.2) is 5.17 Å². The summed E-state index contributed by atoms with van der Waals surface area (Å²) in [4.78, 5) is 30.0. The molecule has 0 aromatic heterocycles. The van der Waals surface area contributed by atoms with E-state index in [1.807, 2.05) is 0 Å². The SMILES string of the molecule is O=C1NC(=Nc2ccc(F)cc2)S/C1=C\c1cc([N+](=O)[O-])ccc1N1CCOCC1. The van der Waals surface area contributed by atoms with Crippen LogP contribution in [-0.2, 0) is 9.53 Å². The van der Waals surface area contributed by atoms with Gasteiger partial charge in [0, 0.05) is 36.5 Å². The van der Waals surface area contributed by atoms with Gasteiger partial charge < -0.3 is 15.0 Å². The number of amidine groups is 1. The molecule has 2 saturated heterocycles. The van der Waals surface area contributed by atoms with Gasteiger partial charge in [-0.1, -0.05) is 0 Å². The van der Waals surface area contributed by atoms with Crippen LogP contribution in [0.4, 0.5) is 21.5 Å². The number of nitrogens with one attached hydrogen (secondary N) is 1. The van der Waals surface area contributed by atoms with Gasteiger partial charge in [-0.15, -0.1) is 0 Å². The lowest BCUT2D eigenvalue weighted by Crippen LogP contribution is -2.36. The average molecular weight is 428 g/mol. The Morgan fingerprint density at radius 1 is 1.20 bits per heavy atom. The van der Waals surface area contributed by atoms with Gasteiger partial charge in [-0.3, -0.25) is 14.9 Å². The zero-order valence-electron chi connectivity index (χ0n) is 15.7. The summed E-state index contributed by atoms with van der Waals surface area (Å²) in [6.45, 7) is 2.45. The maximum atomic E-state index is 13.1. The average Bonchev–Trinajstić information content (AvgIpc) is 3.09. The third-order valence-electron chi connectivity index (χ3n) is 4.57. The molecule has 0 aliphatic carbocycles. The van der Waals surface area contributed by atoms with Gasteiger partial charge in [0.25, 0.3) is 11.6 Å². The van der Waals surface area contributed by atoms with Crippen LogP contribution < -0.4 is 10.2 Å². The van der Waals surface area contributed by atoms with Crippen molar-refractivity contribution < 1.29 is 18.8 Å². The number of morpholine rings is 1. The summed E-state index contributed by atoms with van der Waals surface area (Å²) in [5.74, 6) is -0.718. The Bertz CT molecular complexity index is 1050. The van der Waals surface area contributed by atoms with Crippen LogP contribution in [-0.4, -0.2) is 42.3 Å². The van der Waals surface area contributed by atoms with Crippen molar-refractivity contribution in [3.63, 3.8) is 0 Å².